The fraction of sp³-hybridized carbons (Fsp3) is 0.353. The van der Waals surface area contributed by atoms with E-state index in [-0.39, 0.29) is 24.1 Å². The highest BCUT2D eigenvalue weighted by Gasteiger charge is 2.59. The summed E-state index contributed by atoms with van der Waals surface area (Å²) >= 11 is 0. The van der Waals surface area contributed by atoms with E-state index >= 15 is 0 Å². The van der Waals surface area contributed by atoms with Gasteiger partial charge in [-0.1, -0.05) is 0 Å². The van der Waals surface area contributed by atoms with E-state index in [0.717, 1.165) is 18.3 Å². The molecular formula is C17H14F3N3O7. The highest BCUT2D eigenvalue weighted by molar-refractivity contribution is 6.04. The van der Waals surface area contributed by atoms with Gasteiger partial charge in [0, 0.05) is 6.20 Å². The van der Waals surface area contributed by atoms with Crippen molar-refractivity contribution in [2.24, 2.45) is 0 Å². The van der Waals surface area contributed by atoms with Crippen LogP contribution in [0.15, 0.2) is 29.2 Å². The third kappa shape index (κ3) is 3.16. The molecule has 1 unspecified atom stereocenters. The summed E-state index contributed by atoms with van der Waals surface area (Å²) in [7, 11) is 0. The van der Waals surface area contributed by atoms with Crippen LogP contribution in [0.1, 0.15) is 16.6 Å². The summed E-state index contributed by atoms with van der Waals surface area (Å²) in [5, 5.41) is 20.7. The Morgan fingerprint density at radius 3 is 2.77 bits per heavy atom. The molecular weight excluding hydrogens is 415 g/mol. The number of amides is 1. The van der Waals surface area contributed by atoms with E-state index in [1.54, 1.807) is 0 Å². The SMILES string of the molecule is O=C(Nc1ccn(C2O[C@H](CO)[C@@H](O)C2(F)F)c(=O)n1)c1ccc2c(c1F)OCO2. The predicted molar refractivity (Wildman–Crippen MR) is 90.9 cm³/mol. The zero-order valence-corrected chi connectivity index (χ0v) is 14.9. The van der Waals surface area contributed by atoms with Gasteiger partial charge >= 0.3 is 11.6 Å². The lowest BCUT2D eigenvalue weighted by Gasteiger charge is -2.21. The van der Waals surface area contributed by atoms with E-state index < -0.39 is 53.9 Å². The van der Waals surface area contributed by atoms with Gasteiger partial charge in [-0.05, 0) is 18.2 Å². The number of carbonyl (C=O) groups is 1. The van der Waals surface area contributed by atoms with Crippen molar-refractivity contribution in [1.82, 2.24) is 9.55 Å². The van der Waals surface area contributed by atoms with Gasteiger partial charge < -0.3 is 29.7 Å². The Hall–Kier alpha value is -3.16. The molecule has 2 aromatic rings. The molecule has 3 N–H and O–H groups in total. The zero-order chi connectivity index (χ0) is 21.6. The number of alkyl halides is 2. The number of nitrogens with one attached hydrogen (secondary N) is 1. The molecule has 0 radical (unpaired) electrons. The molecule has 1 fully saturated rings. The average Bonchev–Trinajstić information content (AvgIpc) is 3.26. The van der Waals surface area contributed by atoms with Gasteiger partial charge in [-0.15, -0.1) is 0 Å². The van der Waals surface area contributed by atoms with Crippen molar-refractivity contribution in [1.29, 1.82) is 0 Å². The fourth-order valence-corrected chi connectivity index (χ4v) is 3.08. The van der Waals surface area contributed by atoms with Gasteiger partial charge in [0.2, 0.25) is 18.8 Å². The summed E-state index contributed by atoms with van der Waals surface area (Å²) in [4.78, 5) is 28.0. The third-order valence-corrected chi connectivity index (χ3v) is 4.61. The second kappa shape index (κ2) is 7.27. The van der Waals surface area contributed by atoms with Gasteiger partial charge in [0.1, 0.15) is 11.9 Å². The number of benzene rings is 1. The topological polar surface area (TPSA) is 132 Å². The lowest BCUT2D eigenvalue weighted by molar-refractivity contribution is -0.140. The van der Waals surface area contributed by atoms with Crippen LogP contribution in [0.25, 0.3) is 0 Å². The van der Waals surface area contributed by atoms with Gasteiger partial charge in [-0.25, -0.2) is 9.18 Å². The van der Waals surface area contributed by atoms with E-state index in [4.69, 9.17) is 19.3 Å². The van der Waals surface area contributed by atoms with Crippen LogP contribution in [-0.4, -0.2) is 57.2 Å². The number of aliphatic hydroxyl groups excluding tert-OH is 2. The normalized spacial score (nSPS) is 24.1. The molecule has 2 aliphatic heterocycles. The van der Waals surface area contributed by atoms with Gasteiger partial charge in [-0.2, -0.15) is 13.8 Å². The van der Waals surface area contributed by atoms with Gasteiger partial charge in [0.05, 0.1) is 12.2 Å². The van der Waals surface area contributed by atoms with Crippen LogP contribution < -0.4 is 20.5 Å². The summed E-state index contributed by atoms with van der Waals surface area (Å²) in [5.41, 5.74) is -1.64. The smallest absolute Gasteiger partial charge is 0.351 e. The lowest BCUT2D eigenvalue weighted by atomic mass is 10.1. The number of nitrogens with zero attached hydrogens (tertiary/aromatic N) is 2. The number of anilines is 1. The summed E-state index contributed by atoms with van der Waals surface area (Å²) in [6, 6.07) is 3.49. The van der Waals surface area contributed by atoms with Crippen molar-refractivity contribution in [2.45, 2.75) is 24.4 Å². The predicted octanol–water partition coefficient (Wildman–Crippen LogP) is 0.249. The number of rotatable bonds is 4. The molecule has 2 aliphatic rings. The van der Waals surface area contributed by atoms with E-state index in [9.17, 15) is 27.9 Å². The van der Waals surface area contributed by atoms with Gasteiger partial charge in [0.25, 0.3) is 5.91 Å². The van der Waals surface area contributed by atoms with Crippen LogP contribution in [0.2, 0.25) is 0 Å². The molecule has 1 aromatic carbocycles. The first-order chi connectivity index (χ1) is 14.2. The van der Waals surface area contributed by atoms with E-state index in [0.29, 0.717) is 4.57 Å². The molecule has 1 aromatic heterocycles. The van der Waals surface area contributed by atoms with Crippen LogP contribution in [0.5, 0.6) is 11.5 Å². The van der Waals surface area contributed by atoms with E-state index in [2.05, 4.69) is 10.3 Å². The van der Waals surface area contributed by atoms with Crippen molar-refractivity contribution < 1.29 is 42.4 Å². The Labute approximate surface area is 165 Å². The maximum absolute atomic E-state index is 14.4. The van der Waals surface area contributed by atoms with E-state index in [1.807, 2.05) is 0 Å². The number of hydrogen-bond donors (Lipinski definition) is 3. The van der Waals surface area contributed by atoms with Crippen molar-refractivity contribution >= 4 is 11.7 Å². The van der Waals surface area contributed by atoms with Crippen molar-refractivity contribution in [3.05, 3.63) is 46.3 Å². The molecule has 3 heterocycles. The highest BCUT2D eigenvalue weighted by atomic mass is 19.3. The molecule has 4 rings (SSSR count). The molecule has 0 aliphatic carbocycles. The van der Waals surface area contributed by atoms with Crippen LogP contribution in [0, 0.1) is 5.82 Å². The largest absolute Gasteiger partial charge is 0.453 e. The number of halogens is 3. The number of hydrogen-bond acceptors (Lipinski definition) is 8. The lowest BCUT2D eigenvalue weighted by Crippen LogP contribution is -2.41. The molecule has 1 amide bonds. The molecule has 10 nitrogen and oxygen atoms in total. The monoisotopic (exact) mass is 429 g/mol. The summed E-state index contributed by atoms with van der Waals surface area (Å²) in [6.07, 6.45) is -5.26. The van der Waals surface area contributed by atoms with Crippen LogP contribution in [0.4, 0.5) is 19.0 Å². The molecule has 13 heteroatoms. The molecule has 0 spiro atoms. The average molecular weight is 429 g/mol. The third-order valence-electron chi connectivity index (χ3n) is 4.61. The summed E-state index contributed by atoms with van der Waals surface area (Å²) in [5.74, 6) is -6.25. The molecule has 0 bridgehead atoms. The number of fused-ring (bicyclic) bond motifs is 1. The first kappa shape index (κ1) is 20.1. The van der Waals surface area contributed by atoms with E-state index in [1.165, 1.54) is 6.07 Å². The second-order valence-electron chi connectivity index (χ2n) is 6.45. The van der Waals surface area contributed by atoms with Crippen LogP contribution in [-0.2, 0) is 4.74 Å². The molecule has 3 atom stereocenters. The molecule has 160 valence electrons. The molecule has 30 heavy (non-hydrogen) atoms. The number of ether oxygens (including phenoxy) is 3. The Bertz CT molecular complexity index is 1060. The minimum atomic E-state index is -3.88. The maximum Gasteiger partial charge on any atom is 0.351 e. The quantitative estimate of drug-likeness (QED) is 0.630. The van der Waals surface area contributed by atoms with Crippen LogP contribution in [0.3, 0.4) is 0 Å². The van der Waals surface area contributed by atoms with Crippen LogP contribution >= 0.6 is 0 Å². The Balaban J connectivity index is 1.56. The minimum Gasteiger partial charge on any atom is -0.453 e. The minimum absolute atomic E-state index is 0.130. The number of aromatic nitrogens is 2. The fourth-order valence-electron chi connectivity index (χ4n) is 3.08. The summed E-state index contributed by atoms with van der Waals surface area (Å²) in [6.45, 7) is -1.08. The molecule has 1 saturated heterocycles. The molecule has 0 saturated carbocycles. The standard InChI is InChI=1S/C17H14F3N3O7/c18-11-7(1-2-8-12(11)29-6-28-8)14(26)21-10-3-4-23(16(27)22-10)15-17(19,20)13(25)9(5-24)30-15/h1-4,9,13,15,24-25H,5-6H2,(H,21,22,26,27)/t9-,13-,15?/m1/s1. The van der Waals surface area contributed by atoms with Gasteiger partial charge in [0.15, 0.2) is 17.7 Å². The first-order valence-corrected chi connectivity index (χ1v) is 8.55. The van der Waals surface area contributed by atoms with Crippen molar-refractivity contribution in [2.75, 3.05) is 18.7 Å². The Morgan fingerprint density at radius 1 is 1.33 bits per heavy atom. The van der Waals surface area contributed by atoms with Gasteiger partial charge in [-0.3, -0.25) is 9.36 Å². The zero-order valence-electron chi connectivity index (χ0n) is 14.9. The van der Waals surface area contributed by atoms with Crippen molar-refractivity contribution in [3.63, 3.8) is 0 Å². The highest BCUT2D eigenvalue weighted by Crippen LogP contribution is 2.42. The number of carbonyl (C=O) groups excluding carboxylic acids is 1. The second-order valence-corrected chi connectivity index (χ2v) is 6.45. The summed E-state index contributed by atoms with van der Waals surface area (Å²) < 4.78 is 57.9. The first-order valence-electron chi connectivity index (χ1n) is 8.55. The maximum atomic E-state index is 14.4. The Morgan fingerprint density at radius 2 is 2.10 bits per heavy atom. The number of aliphatic hydroxyl groups is 2. The van der Waals surface area contributed by atoms with Crippen molar-refractivity contribution in [3.8, 4) is 11.5 Å². The Kier molecular flexibility index (Phi) is 4.88.